The van der Waals surface area contributed by atoms with Crippen molar-refractivity contribution in [3.63, 3.8) is 0 Å². The van der Waals surface area contributed by atoms with Crippen molar-refractivity contribution in [2.75, 3.05) is 0 Å². The van der Waals surface area contributed by atoms with Gasteiger partial charge in [-0.25, -0.2) is 0 Å². The summed E-state index contributed by atoms with van der Waals surface area (Å²) in [6, 6.07) is 0.378. The minimum absolute atomic E-state index is 0.378. The third kappa shape index (κ3) is 3.96. The van der Waals surface area contributed by atoms with Gasteiger partial charge in [-0.15, -0.1) is 0 Å². The Labute approximate surface area is 106 Å². The molecule has 0 amide bonds. The van der Waals surface area contributed by atoms with Crippen molar-refractivity contribution in [3.05, 3.63) is 0 Å². The summed E-state index contributed by atoms with van der Waals surface area (Å²) in [6.07, 6.45) is 9.46. The molecule has 0 saturated heterocycles. The highest BCUT2D eigenvalue weighted by Crippen LogP contribution is 2.40. The van der Waals surface area contributed by atoms with Crippen LogP contribution in [0.1, 0.15) is 65.7 Å². The fraction of sp³-hybridized carbons (Fsp3) is 1.00. The van der Waals surface area contributed by atoms with Crippen LogP contribution in [0.5, 0.6) is 0 Å². The van der Waals surface area contributed by atoms with Crippen molar-refractivity contribution >= 4 is 0 Å². The summed E-state index contributed by atoms with van der Waals surface area (Å²) in [4.78, 5) is 0. The molecule has 2 aliphatic rings. The zero-order chi connectivity index (χ0) is 12.5. The normalized spacial score (nSPS) is 42.4. The van der Waals surface area contributed by atoms with E-state index in [1.807, 2.05) is 0 Å². The summed E-state index contributed by atoms with van der Waals surface area (Å²) in [5.74, 6) is 0.806. The topological polar surface area (TPSA) is 35.2 Å². The van der Waals surface area contributed by atoms with E-state index in [-0.39, 0.29) is 0 Å². The van der Waals surface area contributed by atoms with Crippen molar-refractivity contribution in [2.24, 2.45) is 17.1 Å². The average Bonchev–Trinajstić information content (AvgIpc) is 2.13. The summed E-state index contributed by atoms with van der Waals surface area (Å²) < 4.78 is 6.33. The second-order valence-electron chi connectivity index (χ2n) is 7.22. The first-order valence-corrected chi connectivity index (χ1v) is 7.36. The first-order chi connectivity index (χ1) is 7.94. The van der Waals surface area contributed by atoms with Crippen LogP contribution in [0.25, 0.3) is 0 Å². The third-order valence-corrected chi connectivity index (χ3v) is 4.40. The lowest BCUT2D eigenvalue weighted by Gasteiger charge is -2.41. The van der Waals surface area contributed by atoms with Gasteiger partial charge in [0.25, 0.3) is 0 Å². The summed E-state index contributed by atoms with van der Waals surface area (Å²) in [5.41, 5.74) is 6.49. The molecule has 2 rings (SSSR count). The molecule has 2 N–H and O–H groups in total. The van der Waals surface area contributed by atoms with Crippen molar-refractivity contribution in [2.45, 2.75) is 84.0 Å². The van der Waals surface area contributed by atoms with Gasteiger partial charge in [0.2, 0.25) is 0 Å². The molecule has 2 aliphatic carbocycles. The van der Waals surface area contributed by atoms with E-state index in [0.717, 1.165) is 12.3 Å². The van der Waals surface area contributed by atoms with Crippen LogP contribution in [-0.2, 0) is 4.74 Å². The molecule has 2 heteroatoms. The number of ether oxygens (including phenoxy) is 1. The standard InChI is InChI=1S/C15H29NO/c1-11-7-14(10-15(2,3)9-11)17-13-6-4-5-12(16)8-13/h11-14H,4-10,16H2,1-3H3. The molecule has 2 nitrogen and oxygen atoms in total. The Hall–Kier alpha value is -0.0800. The first-order valence-electron chi connectivity index (χ1n) is 7.36. The smallest absolute Gasteiger partial charge is 0.0593 e. The second kappa shape index (κ2) is 5.27. The molecule has 0 aromatic carbocycles. The van der Waals surface area contributed by atoms with Gasteiger partial charge < -0.3 is 10.5 Å². The van der Waals surface area contributed by atoms with Crippen molar-refractivity contribution < 1.29 is 4.74 Å². The maximum absolute atomic E-state index is 6.33. The molecule has 0 radical (unpaired) electrons. The van der Waals surface area contributed by atoms with Crippen LogP contribution >= 0.6 is 0 Å². The maximum atomic E-state index is 6.33. The van der Waals surface area contributed by atoms with Gasteiger partial charge in [0.05, 0.1) is 12.2 Å². The minimum Gasteiger partial charge on any atom is -0.375 e. The molecule has 2 saturated carbocycles. The Morgan fingerprint density at radius 1 is 1.06 bits per heavy atom. The third-order valence-electron chi connectivity index (χ3n) is 4.40. The van der Waals surface area contributed by atoms with Crippen molar-refractivity contribution in [1.29, 1.82) is 0 Å². The zero-order valence-electron chi connectivity index (χ0n) is 11.7. The van der Waals surface area contributed by atoms with Gasteiger partial charge in [-0.05, 0) is 56.3 Å². The van der Waals surface area contributed by atoms with Crippen LogP contribution in [0.3, 0.4) is 0 Å². The monoisotopic (exact) mass is 239 g/mol. The van der Waals surface area contributed by atoms with Crippen molar-refractivity contribution in [3.8, 4) is 0 Å². The fourth-order valence-electron chi connectivity index (χ4n) is 3.94. The van der Waals surface area contributed by atoms with Crippen LogP contribution in [-0.4, -0.2) is 18.2 Å². The van der Waals surface area contributed by atoms with Gasteiger partial charge >= 0.3 is 0 Å². The van der Waals surface area contributed by atoms with Gasteiger partial charge in [0, 0.05) is 6.04 Å². The Morgan fingerprint density at radius 2 is 1.82 bits per heavy atom. The van der Waals surface area contributed by atoms with E-state index in [2.05, 4.69) is 20.8 Å². The molecule has 0 aromatic rings. The molecular formula is C15H29NO. The van der Waals surface area contributed by atoms with E-state index in [1.54, 1.807) is 0 Å². The number of hydrogen-bond donors (Lipinski definition) is 1. The molecule has 0 heterocycles. The van der Waals surface area contributed by atoms with E-state index in [0.29, 0.717) is 23.7 Å². The Morgan fingerprint density at radius 3 is 2.47 bits per heavy atom. The quantitative estimate of drug-likeness (QED) is 0.800. The SMILES string of the molecule is CC1CC(OC2CCCC(N)C2)CC(C)(C)C1. The van der Waals surface area contributed by atoms with Gasteiger partial charge in [0.1, 0.15) is 0 Å². The number of rotatable bonds is 2. The summed E-state index contributed by atoms with van der Waals surface area (Å²) in [6.45, 7) is 7.13. The molecule has 0 aliphatic heterocycles. The lowest BCUT2D eigenvalue weighted by Crippen LogP contribution is -2.38. The molecule has 2 fully saturated rings. The molecule has 0 aromatic heterocycles. The predicted octanol–water partition coefficient (Wildman–Crippen LogP) is 3.49. The minimum atomic E-state index is 0.378. The molecule has 17 heavy (non-hydrogen) atoms. The maximum Gasteiger partial charge on any atom is 0.0593 e. The predicted molar refractivity (Wildman–Crippen MR) is 71.9 cm³/mol. The van der Waals surface area contributed by atoms with Gasteiger partial charge in [-0.1, -0.05) is 20.8 Å². The molecule has 0 spiro atoms. The van der Waals surface area contributed by atoms with E-state index in [9.17, 15) is 0 Å². The lowest BCUT2D eigenvalue weighted by atomic mass is 9.71. The fourth-order valence-corrected chi connectivity index (χ4v) is 3.94. The molecule has 4 atom stereocenters. The number of nitrogens with two attached hydrogens (primary N) is 1. The highest BCUT2D eigenvalue weighted by molar-refractivity contribution is 4.85. The average molecular weight is 239 g/mol. The zero-order valence-corrected chi connectivity index (χ0v) is 11.7. The Kier molecular flexibility index (Phi) is 4.14. The second-order valence-corrected chi connectivity index (χ2v) is 7.22. The van der Waals surface area contributed by atoms with Gasteiger partial charge in [0.15, 0.2) is 0 Å². The van der Waals surface area contributed by atoms with E-state index in [1.165, 1.54) is 38.5 Å². The highest BCUT2D eigenvalue weighted by atomic mass is 16.5. The van der Waals surface area contributed by atoms with Gasteiger partial charge in [-0.2, -0.15) is 0 Å². The Bertz CT molecular complexity index is 251. The van der Waals surface area contributed by atoms with E-state index in [4.69, 9.17) is 10.5 Å². The van der Waals surface area contributed by atoms with Crippen LogP contribution in [0.2, 0.25) is 0 Å². The molecule has 4 unspecified atom stereocenters. The van der Waals surface area contributed by atoms with Crippen molar-refractivity contribution in [1.82, 2.24) is 0 Å². The lowest BCUT2D eigenvalue weighted by molar-refractivity contribution is -0.0783. The summed E-state index contributed by atoms with van der Waals surface area (Å²) in [7, 11) is 0. The largest absolute Gasteiger partial charge is 0.375 e. The van der Waals surface area contributed by atoms with Gasteiger partial charge in [-0.3, -0.25) is 0 Å². The molecular weight excluding hydrogens is 210 g/mol. The van der Waals surface area contributed by atoms with E-state index < -0.39 is 0 Å². The first kappa shape index (κ1) is 13.4. The summed E-state index contributed by atoms with van der Waals surface area (Å²) in [5, 5.41) is 0. The van der Waals surface area contributed by atoms with Crippen LogP contribution in [0, 0.1) is 11.3 Å². The molecule has 100 valence electrons. The van der Waals surface area contributed by atoms with Crippen LogP contribution < -0.4 is 5.73 Å². The summed E-state index contributed by atoms with van der Waals surface area (Å²) >= 11 is 0. The van der Waals surface area contributed by atoms with E-state index >= 15 is 0 Å². The van der Waals surface area contributed by atoms with Crippen LogP contribution in [0.15, 0.2) is 0 Å². The Balaban J connectivity index is 1.85. The van der Waals surface area contributed by atoms with Crippen LogP contribution in [0.4, 0.5) is 0 Å². The molecule has 0 bridgehead atoms. The highest BCUT2D eigenvalue weighted by Gasteiger charge is 2.34. The number of hydrogen-bond acceptors (Lipinski definition) is 2.